The minimum atomic E-state index is -0.111. The molecule has 1 saturated heterocycles. The molecular formula is C15H24N2O. The van der Waals surface area contributed by atoms with Gasteiger partial charge in [0.1, 0.15) is 0 Å². The topological polar surface area (TPSA) is 34.2 Å². The van der Waals surface area contributed by atoms with Crippen molar-refractivity contribution in [2.45, 2.75) is 64.8 Å². The van der Waals surface area contributed by atoms with Crippen LogP contribution in [0.5, 0.6) is 0 Å². The van der Waals surface area contributed by atoms with Crippen LogP contribution in [-0.2, 0) is 11.3 Å². The van der Waals surface area contributed by atoms with Crippen molar-refractivity contribution in [3.05, 3.63) is 29.6 Å². The van der Waals surface area contributed by atoms with Crippen LogP contribution in [0.2, 0.25) is 0 Å². The summed E-state index contributed by atoms with van der Waals surface area (Å²) in [4.78, 5) is 4.18. The molecule has 1 aliphatic heterocycles. The van der Waals surface area contributed by atoms with Crippen LogP contribution in [0.1, 0.15) is 45.2 Å². The van der Waals surface area contributed by atoms with E-state index in [9.17, 15) is 0 Å². The zero-order valence-corrected chi connectivity index (χ0v) is 12.1. The van der Waals surface area contributed by atoms with Gasteiger partial charge in [0.15, 0.2) is 0 Å². The first-order valence-electron chi connectivity index (χ1n) is 6.63. The highest BCUT2D eigenvalue weighted by Crippen LogP contribution is 2.37. The van der Waals surface area contributed by atoms with Crippen LogP contribution in [0.15, 0.2) is 18.5 Å². The zero-order valence-electron chi connectivity index (χ0n) is 12.1. The van der Waals surface area contributed by atoms with Crippen molar-refractivity contribution in [3.8, 4) is 0 Å². The van der Waals surface area contributed by atoms with Crippen LogP contribution >= 0.6 is 0 Å². The second kappa shape index (κ2) is 4.63. The summed E-state index contributed by atoms with van der Waals surface area (Å²) in [5.74, 6) is 0. The van der Waals surface area contributed by atoms with E-state index in [1.165, 1.54) is 11.1 Å². The molecule has 18 heavy (non-hydrogen) atoms. The highest BCUT2D eigenvalue weighted by atomic mass is 16.5. The van der Waals surface area contributed by atoms with Gasteiger partial charge in [-0.25, -0.2) is 0 Å². The largest absolute Gasteiger partial charge is 0.368 e. The lowest BCUT2D eigenvalue weighted by molar-refractivity contribution is -0.0699. The van der Waals surface area contributed by atoms with Crippen molar-refractivity contribution >= 4 is 0 Å². The van der Waals surface area contributed by atoms with Crippen LogP contribution in [0.4, 0.5) is 0 Å². The van der Waals surface area contributed by atoms with E-state index < -0.39 is 0 Å². The molecule has 0 amide bonds. The quantitative estimate of drug-likeness (QED) is 0.893. The van der Waals surface area contributed by atoms with Gasteiger partial charge < -0.3 is 10.1 Å². The minimum Gasteiger partial charge on any atom is -0.368 e. The number of hydrogen-bond acceptors (Lipinski definition) is 3. The van der Waals surface area contributed by atoms with Crippen LogP contribution in [0.25, 0.3) is 0 Å². The van der Waals surface area contributed by atoms with Gasteiger partial charge in [-0.15, -0.1) is 0 Å². The maximum absolute atomic E-state index is 6.09. The summed E-state index contributed by atoms with van der Waals surface area (Å²) < 4.78 is 6.09. The van der Waals surface area contributed by atoms with Gasteiger partial charge in [0.25, 0.3) is 0 Å². The van der Waals surface area contributed by atoms with Crippen molar-refractivity contribution in [2.24, 2.45) is 0 Å². The van der Waals surface area contributed by atoms with Crippen LogP contribution < -0.4 is 5.32 Å². The van der Waals surface area contributed by atoms with Gasteiger partial charge in [-0.3, -0.25) is 4.98 Å². The summed E-state index contributed by atoms with van der Waals surface area (Å²) in [5.41, 5.74) is 2.40. The Balaban J connectivity index is 2.01. The SMILES string of the molecule is Cc1ccncc1CNC1CC(C)(C)OC1(C)C. The lowest BCUT2D eigenvalue weighted by Crippen LogP contribution is -2.43. The van der Waals surface area contributed by atoms with E-state index in [1.807, 2.05) is 12.4 Å². The number of ether oxygens (including phenoxy) is 1. The summed E-state index contributed by atoms with van der Waals surface area (Å²) in [6.45, 7) is 11.6. The van der Waals surface area contributed by atoms with E-state index >= 15 is 0 Å². The monoisotopic (exact) mass is 248 g/mol. The molecule has 0 bridgehead atoms. The minimum absolute atomic E-state index is 0.0366. The molecule has 0 radical (unpaired) electrons. The molecule has 0 aliphatic carbocycles. The standard InChI is InChI=1S/C15H24N2O/c1-11-6-7-16-9-12(11)10-17-13-8-14(2,3)18-15(13,4)5/h6-7,9,13,17H,8,10H2,1-5H3. The van der Waals surface area contributed by atoms with Crippen LogP contribution in [-0.4, -0.2) is 22.2 Å². The lowest BCUT2D eigenvalue weighted by atomic mass is 9.94. The van der Waals surface area contributed by atoms with E-state index in [2.05, 4.69) is 51.0 Å². The van der Waals surface area contributed by atoms with Crippen molar-refractivity contribution < 1.29 is 4.74 Å². The van der Waals surface area contributed by atoms with Gasteiger partial charge in [-0.1, -0.05) is 0 Å². The number of aromatic nitrogens is 1. The summed E-state index contributed by atoms with van der Waals surface area (Å²) in [7, 11) is 0. The van der Waals surface area contributed by atoms with E-state index in [1.54, 1.807) is 0 Å². The summed E-state index contributed by atoms with van der Waals surface area (Å²) in [5, 5.41) is 3.62. The third kappa shape index (κ3) is 2.90. The average Bonchev–Trinajstić information content (AvgIpc) is 2.45. The second-order valence-corrected chi connectivity index (χ2v) is 6.40. The molecule has 2 heterocycles. The van der Waals surface area contributed by atoms with Crippen LogP contribution in [0, 0.1) is 6.92 Å². The lowest BCUT2D eigenvalue weighted by Gasteiger charge is -2.28. The average molecular weight is 248 g/mol. The number of rotatable bonds is 3. The first kappa shape index (κ1) is 13.5. The maximum Gasteiger partial charge on any atom is 0.0787 e. The molecule has 0 spiro atoms. The van der Waals surface area contributed by atoms with Gasteiger partial charge in [0.2, 0.25) is 0 Å². The van der Waals surface area contributed by atoms with Gasteiger partial charge in [0.05, 0.1) is 11.2 Å². The Kier molecular flexibility index (Phi) is 3.47. The molecule has 1 aromatic heterocycles. The van der Waals surface area contributed by atoms with Crippen molar-refractivity contribution in [1.29, 1.82) is 0 Å². The summed E-state index contributed by atoms with van der Waals surface area (Å²) >= 11 is 0. The Labute approximate surface area is 110 Å². The molecular weight excluding hydrogens is 224 g/mol. The Morgan fingerprint density at radius 2 is 2.11 bits per heavy atom. The molecule has 100 valence electrons. The molecule has 1 aromatic rings. The van der Waals surface area contributed by atoms with E-state index in [4.69, 9.17) is 4.74 Å². The third-order valence-corrected chi connectivity index (χ3v) is 3.76. The maximum atomic E-state index is 6.09. The summed E-state index contributed by atoms with van der Waals surface area (Å²) in [6, 6.07) is 2.43. The molecule has 3 nitrogen and oxygen atoms in total. The second-order valence-electron chi connectivity index (χ2n) is 6.40. The first-order chi connectivity index (χ1) is 8.30. The van der Waals surface area contributed by atoms with Gasteiger partial charge in [-0.2, -0.15) is 0 Å². The van der Waals surface area contributed by atoms with Crippen LogP contribution in [0.3, 0.4) is 0 Å². The predicted molar refractivity (Wildman–Crippen MR) is 73.5 cm³/mol. The molecule has 1 atom stereocenters. The highest BCUT2D eigenvalue weighted by molar-refractivity contribution is 5.21. The molecule has 1 unspecified atom stereocenters. The fourth-order valence-electron chi connectivity index (χ4n) is 2.80. The Morgan fingerprint density at radius 1 is 1.39 bits per heavy atom. The number of hydrogen-bond donors (Lipinski definition) is 1. The van der Waals surface area contributed by atoms with Gasteiger partial charge in [0, 0.05) is 25.0 Å². The number of aryl methyl sites for hydroxylation is 1. The molecule has 2 rings (SSSR count). The molecule has 1 fully saturated rings. The third-order valence-electron chi connectivity index (χ3n) is 3.76. The molecule has 3 heteroatoms. The Hall–Kier alpha value is -0.930. The summed E-state index contributed by atoms with van der Waals surface area (Å²) in [6.07, 6.45) is 4.82. The normalized spacial score (nSPS) is 25.3. The molecule has 1 aliphatic rings. The number of nitrogens with one attached hydrogen (secondary N) is 1. The van der Waals surface area contributed by atoms with E-state index in [0.29, 0.717) is 6.04 Å². The molecule has 1 N–H and O–H groups in total. The van der Waals surface area contributed by atoms with Crippen molar-refractivity contribution in [2.75, 3.05) is 0 Å². The van der Waals surface area contributed by atoms with Gasteiger partial charge in [-0.05, 0) is 58.2 Å². The van der Waals surface area contributed by atoms with Crippen molar-refractivity contribution in [1.82, 2.24) is 10.3 Å². The van der Waals surface area contributed by atoms with Crippen molar-refractivity contribution in [3.63, 3.8) is 0 Å². The smallest absolute Gasteiger partial charge is 0.0787 e. The fraction of sp³-hybridized carbons (Fsp3) is 0.667. The predicted octanol–water partition coefficient (Wildman–Crippen LogP) is 2.83. The Bertz CT molecular complexity index is 426. The zero-order chi connectivity index (χ0) is 13.4. The van der Waals surface area contributed by atoms with Gasteiger partial charge >= 0.3 is 0 Å². The van der Waals surface area contributed by atoms with E-state index in [-0.39, 0.29) is 11.2 Å². The fourth-order valence-corrected chi connectivity index (χ4v) is 2.80. The highest BCUT2D eigenvalue weighted by Gasteiger charge is 2.45. The number of nitrogens with zero attached hydrogens (tertiary/aromatic N) is 1. The Morgan fingerprint density at radius 3 is 2.67 bits per heavy atom. The first-order valence-corrected chi connectivity index (χ1v) is 6.63. The molecule has 0 aromatic carbocycles. The number of pyridine rings is 1. The molecule has 0 saturated carbocycles. The van der Waals surface area contributed by atoms with E-state index in [0.717, 1.165) is 13.0 Å².